The monoisotopic (exact) mass is 504 g/mol. The molecule has 5 nitrogen and oxygen atoms in total. The van der Waals surface area contributed by atoms with E-state index in [9.17, 15) is 13.2 Å². The largest absolute Gasteiger partial charge is 0.346 e. The molecule has 0 aliphatic carbocycles. The molecule has 3 aromatic carbocycles. The number of nitrogens with one attached hydrogen (secondary N) is 1. The molecule has 8 heteroatoms. The van der Waals surface area contributed by atoms with Gasteiger partial charge in [0.25, 0.3) is 5.91 Å². The summed E-state index contributed by atoms with van der Waals surface area (Å²) in [5, 5.41) is 3.74. The van der Waals surface area contributed by atoms with Gasteiger partial charge in [0.15, 0.2) is 0 Å². The molecule has 3 rings (SSSR count). The second kappa shape index (κ2) is 10.6. The van der Waals surface area contributed by atoms with E-state index >= 15 is 0 Å². The molecule has 0 heterocycles. The lowest BCUT2D eigenvalue weighted by Crippen LogP contribution is -2.30. The van der Waals surface area contributed by atoms with Crippen molar-refractivity contribution in [3.8, 4) is 0 Å². The first-order valence-corrected chi connectivity index (χ1v) is 13.1. The maximum atomic E-state index is 12.7. The van der Waals surface area contributed by atoms with E-state index in [1.165, 1.54) is 9.87 Å². The minimum atomic E-state index is -3.63. The lowest BCUT2D eigenvalue weighted by Gasteiger charge is -2.24. The Bertz CT molecular complexity index is 1210. The van der Waals surface area contributed by atoms with Gasteiger partial charge in [-0.15, -0.1) is 0 Å². The van der Waals surface area contributed by atoms with Crippen molar-refractivity contribution < 1.29 is 13.2 Å². The van der Waals surface area contributed by atoms with Gasteiger partial charge in [0.05, 0.1) is 24.5 Å². The summed E-state index contributed by atoms with van der Waals surface area (Å²) in [5.74, 6) is -0.242. The topological polar surface area (TPSA) is 66.5 Å². The van der Waals surface area contributed by atoms with E-state index in [0.717, 1.165) is 18.2 Å². The third-order valence-corrected chi connectivity index (χ3v) is 7.27. The standard InChI is InChI=1S/C25H26Cl2N2O3S/c1-4-18-8-10-19(11-9-18)17(2)28-25(30)20-12-14-21(15-13-20)29(33(3,31)32)16-22-23(26)6-5-7-24(22)27/h5-15,17H,4,16H2,1-3H3,(H,28,30)/t17-/m1/s1. The Labute approximate surface area is 205 Å². The molecule has 0 aliphatic rings. The number of anilines is 1. The highest BCUT2D eigenvalue weighted by Gasteiger charge is 2.21. The Balaban J connectivity index is 1.78. The summed E-state index contributed by atoms with van der Waals surface area (Å²) in [6, 6.07) is 19.4. The predicted octanol–water partition coefficient (Wildman–Crippen LogP) is 6.01. The zero-order valence-electron chi connectivity index (χ0n) is 18.7. The molecule has 0 bridgehead atoms. The van der Waals surface area contributed by atoms with Gasteiger partial charge in [0.1, 0.15) is 0 Å². The molecule has 33 heavy (non-hydrogen) atoms. The first-order valence-electron chi connectivity index (χ1n) is 10.5. The van der Waals surface area contributed by atoms with Crippen LogP contribution in [0.15, 0.2) is 66.7 Å². The van der Waals surface area contributed by atoms with Gasteiger partial charge in [0.2, 0.25) is 10.0 Å². The summed E-state index contributed by atoms with van der Waals surface area (Å²) in [7, 11) is -3.63. The highest BCUT2D eigenvalue weighted by Crippen LogP contribution is 2.29. The normalized spacial score (nSPS) is 12.3. The summed E-state index contributed by atoms with van der Waals surface area (Å²) in [6.07, 6.45) is 2.07. The van der Waals surface area contributed by atoms with Crippen LogP contribution in [0.25, 0.3) is 0 Å². The summed E-state index contributed by atoms with van der Waals surface area (Å²) in [6.45, 7) is 4.00. The molecule has 1 N–H and O–H groups in total. The van der Waals surface area contributed by atoms with Crippen molar-refractivity contribution >= 4 is 44.8 Å². The van der Waals surface area contributed by atoms with Gasteiger partial charge in [0, 0.05) is 21.2 Å². The van der Waals surface area contributed by atoms with Crippen LogP contribution in [0.4, 0.5) is 5.69 Å². The molecule has 0 spiro atoms. The highest BCUT2D eigenvalue weighted by atomic mass is 35.5. The molecular formula is C25H26Cl2N2O3S. The van der Waals surface area contributed by atoms with E-state index in [4.69, 9.17) is 23.2 Å². The lowest BCUT2D eigenvalue weighted by molar-refractivity contribution is 0.0940. The number of halogens is 2. The number of benzene rings is 3. The Hall–Kier alpha value is -2.54. The second-order valence-corrected chi connectivity index (χ2v) is 10.5. The molecule has 1 amide bonds. The maximum Gasteiger partial charge on any atom is 0.251 e. The fourth-order valence-electron chi connectivity index (χ4n) is 3.41. The van der Waals surface area contributed by atoms with Gasteiger partial charge < -0.3 is 5.32 Å². The number of hydrogen-bond donors (Lipinski definition) is 1. The van der Waals surface area contributed by atoms with Gasteiger partial charge in [-0.25, -0.2) is 8.42 Å². The average Bonchev–Trinajstić information content (AvgIpc) is 2.78. The van der Waals surface area contributed by atoms with Gasteiger partial charge in [-0.2, -0.15) is 0 Å². The van der Waals surface area contributed by atoms with Gasteiger partial charge in [-0.3, -0.25) is 9.10 Å². The Morgan fingerprint density at radius 2 is 1.55 bits per heavy atom. The SMILES string of the molecule is CCc1ccc([C@@H](C)NC(=O)c2ccc(N(Cc3c(Cl)cccc3Cl)S(C)(=O)=O)cc2)cc1. The second-order valence-electron chi connectivity index (χ2n) is 7.81. The third-order valence-electron chi connectivity index (χ3n) is 5.42. The first kappa shape index (κ1) is 25.1. The fraction of sp³-hybridized carbons (Fsp3) is 0.240. The molecular weight excluding hydrogens is 479 g/mol. The molecule has 0 aromatic heterocycles. The molecule has 0 fully saturated rings. The number of aryl methyl sites for hydroxylation is 1. The van der Waals surface area contributed by atoms with Crippen LogP contribution < -0.4 is 9.62 Å². The predicted molar refractivity (Wildman–Crippen MR) is 136 cm³/mol. The number of amides is 1. The Morgan fingerprint density at radius 3 is 2.06 bits per heavy atom. The number of sulfonamides is 1. The Morgan fingerprint density at radius 1 is 0.970 bits per heavy atom. The van der Waals surface area contributed by atoms with E-state index < -0.39 is 10.0 Å². The molecule has 0 aliphatic heterocycles. The van der Waals surface area contributed by atoms with Crippen molar-refractivity contribution in [2.45, 2.75) is 32.9 Å². The van der Waals surface area contributed by atoms with E-state index in [2.05, 4.69) is 24.4 Å². The number of carbonyl (C=O) groups excluding carboxylic acids is 1. The average molecular weight is 505 g/mol. The van der Waals surface area contributed by atoms with Crippen LogP contribution in [0.1, 0.15) is 46.9 Å². The van der Waals surface area contributed by atoms with E-state index in [0.29, 0.717) is 26.9 Å². The molecule has 3 aromatic rings. The van der Waals surface area contributed by atoms with Crippen molar-refractivity contribution in [3.05, 3.63) is 99.0 Å². The molecule has 0 saturated carbocycles. The zero-order chi connectivity index (χ0) is 24.2. The van der Waals surface area contributed by atoms with Crippen LogP contribution >= 0.6 is 23.2 Å². The lowest BCUT2D eigenvalue weighted by atomic mass is 10.0. The third kappa shape index (κ3) is 6.28. The number of carbonyl (C=O) groups is 1. The molecule has 0 radical (unpaired) electrons. The van der Waals surface area contributed by atoms with Crippen LogP contribution in [0.5, 0.6) is 0 Å². The van der Waals surface area contributed by atoms with Crippen LogP contribution in [-0.2, 0) is 23.0 Å². The van der Waals surface area contributed by atoms with E-state index in [1.807, 2.05) is 19.1 Å². The number of nitrogens with zero attached hydrogens (tertiary/aromatic N) is 1. The number of hydrogen-bond acceptors (Lipinski definition) is 3. The highest BCUT2D eigenvalue weighted by molar-refractivity contribution is 7.92. The summed E-state index contributed by atoms with van der Waals surface area (Å²) in [4.78, 5) is 12.7. The van der Waals surface area contributed by atoms with Crippen LogP contribution in [0.2, 0.25) is 10.0 Å². The minimum Gasteiger partial charge on any atom is -0.346 e. The minimum absolute atomic E-state index is 0.0202. The van der Waals surface area contributed by atoms with Gasteiger partial charge in [-0.05, 0) is 60.9 Å². The van der Waals surface area contributed by atoms with Crippen molar-refractivity contribution in [2.24, 2.45) is 0 Å². The van der Waals surface area contributed by atoms with E-state index in [-0.39, 0.29) is 18.5 Å². The molecule has 1 atom stereocenters. The summed E-state index contributed by atoms with van der Waals surface area (Å²) < 4.78 is 26.2. The van der Waals surface area contributed by atoms with Crippen LogP contribution in [-0.4, -0.2) is 20.6 Å². The van der Waals surface area contributed by atoms with Crippen molar-refractivity contribution in [1.82, 2.24) is 5.32 Å². The summed E-state index contributed by atoms with van der Waals surface area (Å²) in [5.41, 5.74) is 3.60. The Kier molecular flexibility index (Phi) is 8.05. The van der Waals surface area contributed by atoms with Crippen LogP contribution in [0.3, 0.4) is 0 Å². The maximum absolute atomic E-state index is 12.7. The molecule has 0 unspecified atom stereocenters. The number of rotatable bonds is 8. The zero-order valence-corrected chi connectivity index (χ0v) is 21.0. The van der Waals surface area contributed by atoms with E-state index in [1.54, 1.807) is 42.5 Å². The fourth-order valence-corrected chi connectivity index (χ4v) is 4.80. The smallest absolute Gasteiger partial charge is 0.251 e. The van der Waals surface area contributed by atoms with Crippen molar-refractivity contribution in [1.29, 1.82) is 0 Å². The first-order chi connectivity index (χ1) is 15.6. The van der Waals surface area contributed by atoms with Gasteiger partial charge >= 0.3 is 0 Å². The van der Waals surface area contributed by atoms with Crippen molar-refractivity contribution in [3.63, 3.8) is 0 Å². The van der Waals surface area contributed by atoms with Gasteiger partial charge in [-0.1, -0.05) is 60.5 Å². The summed E-state index contributed by atoms with van der Waals surface area (Å²) >= 11 is 12.5. The van der Waals surface area contributed by atoms with Crippen LogP contribution in [0, 0.1) is 0 Å². The molecule has 0 saturated heterocycles. The molecule has 174 valence electrons. The quantitative estimate of drug-likeness (QED) is 0.408. The van der Waals surface area contributed by atoms with Crippen molar-refractivity contribution in [2.75, 3.05) is 10.6 Å².